The summed E-state index contributed by atoms with van der Waals surface area (Å²) in [6.07, 6.45) is 2.17. The van der Waals surface area contributed by atoms with Crippen LogP contribution >= 0.6 is 11.3 Å². The normalized spacial score (nSPS) is 10.6. The molecule has 1 amide bonds. The van der Waals surface area contributed by atoms with E-state index in [0.29, 0.717) is 22.3 Å². The lowest BCUT2D eigenvalue weighted by Crippen LogP contribution is -2.26. The summed E-state index contributed by atoms with van der Waals surface area (Å²) >= 11 is 1.46. The molecule has 8 nitrogen and oxygen atoms in total. The van der Waals surface area contributed by atoms with Gasteiger partial charge in [0.2, 0.25) is 0 Å². The van der Waals surface area contributed by atoms with Gasteiger partial charge < -0.3 is 11.1 Å². The molecule has 0 bridgehead atoms. The summed E-state index contributed by atoms with van der Waals surface area (Å²) < 4.78 is 1.69. The van der Waals surface area contributed by atoms with E-state index in [4.69, 9.17) is 5.73 Å². The van der Waals surface area contributed by atoms with Crippen molar-refractivity contribution in [1.29, 1.82) is 0 Å². The molecule has 0 radical (unpaired) electrons. The molecule has 0 aliphatic heterocycles. The summed E-state index contributed by atoms with van der Waals surface area (Å²) in [6.45, 7) is 2.02. The predicted octanol–water partition coefficient (Wildman–Crippen LogP) is 3.58. The van der Waals surface area contributed by atoms with Crippen LogP contribution in [0.2, 0.25) is 0 Å². The van der Waals surface area contributed by atoms with E-state index >= 15 is 0 Å². The van der Waals surface area contributed by atoms with Crippen LogP contribution in [0.5, 0.6) is 0 Å². The second kappa shape index (κ2) is 9.58. The number of aryl methyl sites for hydroxylation is 1. The minimum absolute atomic E-state index is 0.162. The Balaban J connectivity index is 0.000000214. The Labute approximate surface area is 193 Å². The molecule has 0 saturated heterocycles. The third kappa shape index (κ3) is 4.31. The molecule has 3 aromatic heterocycles. The van der Waals surface area contributed by atoms with Crippen molar-refractivity contribution in [2.75, 3.05) is 12.8 Å². The number of para-hydroxylation sites is 1. The van der Waals surface area contributed by atoms with Gasteiger partial charge in [0.25, 0.3) is 11.5 Å². The summed E-state index contributed by atoms with van der Waals surface area (Å²) in [5.74, 6) is 0.197. The van der Waals surface area contributed by atoms with Crippen LogP contribution in [0.15, 0.2) is 71.2 Å². The maximum Gasteiger partial charge on any atom is 0.263 e. The van der Waals surface area contributed by atoms with Gasteiger partial charge in [0.15, 0.2) is 5.82 Å². The molecule has 0 fully saturated rings. The molecule has 3 heterocycles. The summed E-state index contributed by atoms with van der Waals surface area (Å²) in [4.78, 5) is 37.8. The highest BCUT2D eigenvalue weighted by Crippen LogP contribution is 2.20. The summed E-state index contributed by atoms with van der Waals surface area (Å²) in [7, 11) is 1.57. The quantitative estimate of drug-likeness (QED) is 0.427. The van der Waals surface area contributed by atoms with Crippen LogP contribution < -0.4 is 16.6 Å². The maximum atomic E-state index is 13.1. The van der Waals surface area contributed by atoms with E-state index < -0.39 is 0 Å². The fourth-order valence-electron chi connectivity index (χ4n) is 3.57. The number of hydrogen-bond acceptors (Lipinski definition) is 7. The molecule has 0 atom stereocenters. The smallest absolute Gasteiger partial charge is 0.263 e. The van der Waals surface area contributed by atoms with Crippen molar-refractivity contribution in [1.82, 2.24) is 24.8 Å². The van der Waals surface area contributed by atoms with E-state index in [2.05, 4.69) is 20.3 Å². The lowest BCUT2D eigenvalue weighted by atomic mass is 10.0. The minimum atomic E-state index is -0.253. The molecule has 2 aromatic carbocycles. The van der Waals surface area contributed by atoms with Crippen molar-refractivity contribution in [3.63, 3.8) is 0 Å². The number of fused-ring (bicyclic) bond motifs is 2. The van der Waals surface area contributed by atoms with E-state index in [9.17, 15) is 9.59 Å². The molecule has 5 aromatic rings. The molecule has 9 heteroatoms. The average molecular weight is 459 g/mol. The molecular formula is C24H22N6O2S. The lowest BCUT2D eigenvalue weighted by Gasteiger charge is -2.15. The molecule has 0 spiro atoms. The Morgan fingerprint density at radius 1 is 1.09 bits per heavy atom. The highest BCUT2D eigenvalue weighted by molar-refractivity contribution is 7.16. The zero-order valence-corrected chi connectivity index (χ0v) is 19.0. The number of carbonyl (C=O) groups is 1. The van der Waals surface area contributed by atoms with E-state index in [-0.39, 0.29) is 11.5 Å². The van der Waals surface area contributed by atoms with Gasteiger partial charge >= 0.3 is 0 Å². The molecule has 33 heavy (non-hydrogen) atoms. The van der Waals surface area contributed by atoms with Crippen LogP contribution in [0.4, 0.5) is 5.82 Å². The zero-order valence-electron chi connectivity index (χ0n) is 18.1. The molecule has 0 aliphatic carbocycles. The fraction of sp³-hybridized carbons (Fsp3) is 0.125. The number of carbonyl (C=O) groups excluding carboxylic acids is 1. The number of benzene rings is 2. The number of nitrogen functional groups attached to an aromatic ring is 1. The topological polar surface area (TPSA) is 116 Å². The maximum absolute atomic E-state index is 13.1. The van der Waals surface area contributed by atoms with E-state index in [1.165, 1.54) is 17.7 Å². The molecule has 166 valence electrons. The third-order valence-corrected chi connectivity index (χ3v) is 5.87. The van der Waals surface area contributed by atoms with Crippen LogP contribution in [-0.2, 0) is 6.42 Å². The zero-order chi connectivity index (χ0) is 23.4. The number of hydrogen-bond donors (Lipinski definition) is 2. The molecule has 3 N–H and O–H groups in total. The number of nitrogens with two attached hydrogens (primary N) is 1. The first kappa shape index (κ1) is 22.1. The minimum Gasteiger partial charge on any atom is -0.382 e. The average Bonchev–Trinajstić information content (AvgIpc) is 3.34. The Bertz CT molecular complexity index is 1490. The van der Waals surface area contributed by atoms with E-state index in [1.54, 1.807) is 29.3 Å². The van der Waals surface area contributed by atoms with Crippen molar-refractivity contribution in [2.45, 2.75) is 13.3 Å². The Morgan fingerprint density at radius 2 is 1.88 bits per heavy atom. The number of rotatable bonds is 3. The van der Waals surface area contributed by atoms with Crippen LogP contribution in [0, 0.1) is 0 Å². The third-order valence-electron chi connectivity index (χ3n) is 5.13. The standard InChI is InChI=1S/C19H18N2O2.C5H4N4S/c1-3-14-12-13-8-7-11-16(18(22)20-2)17(13)19(23)21(14)15-9-5-4-6-10-15;6-4-3-5(8-1-7-4)10-2-9-3/h4-12H,3H2,1-2H3,(H,20,22);1-2H,(H2,6,7,8). The summed E-state index contributed by atoms with van der Waals surface area (Å²) in [5.41, 5.74) is 9.87. The van der Waals surface area contributed by atoms with Crippen molar-refractivity contribution >= 4 is 44.2 Å². The van der Waals surface area contributed by atoms with Crippen LogP contribution in [-0.4, -0.2) is 32.5 Å². The Hall–Kier alpha value is -4.11. The monoisotopic (exact) mass is 458 g/mol. The van der Waals surface area contributed by atoms with E-state index in [1.807, 2.05) is 49.4 Å². The van der Waals surface area contributed by atoms with Crippen molar-refractivity contribution in [2.24, 2.45) is 0 Å². The molecule has 5 rings (SSSR count). The van der Waals surface area contributed by atoms with Crippen molar-refractivity contribution in [3.05, 3.63) is 88.0 Å². The van der Waals surface area contributed by atoms with Crippen molar-refractivity contribution < 1.29 is 4.79 Å². The number of amides is 1. The van der Waals surface area contributed by atoms with Gasteiger partial charge in [-0.3, -0.25) is 14.2 Å². The van der Waals surface area contributed by atoms with Gasteiger partial charge in [-0.25, -0.2) is 15.0 Å². The first-order chi connectivity index (χ1) is 16.0. The van der Waals surface area contributed by atoms with Crippen LogP contribution in [0.25, 0.3) is 26.8 Å². The number of thiazole rings is 1. The molecular weight excluding hydrogens is 436 g/mol. The Kier molecular flexibility index (Phi) is 6.41. The highest BCUT2D eigenvalue weighted by atomic mass is 32.1. The lowest BCUT2D eigenvalue weighted by molar-refractivity contribution is 0.0964. The molecule has 0 aliphatic rings. The SMILES string of the molecule is CCc1cc2cccc(C(=O)NC)c2c(=O)n1-c1ccccc1.Nc1ncnc2scnc12. The number of nitrogens with one attached hydrogen (secondary N) is 1. The Morgan fingerprint density at radius 3 is 2.58 bits per heavy atom. The van der Waals surface area contributed by atoms with Gasteiger partial charge in [-0.2, -0.15) is 0 Å². The molecule has 0 unspecified atom stereocenters. The van der Waals surface area contributed by atoms with Gasteiger partial charge in [0.1, 0.15) is 16.7 Å². The molecule has 0 saturated carbocycles. The first-order valence-electron chi connectivity index (χ1n) is 10.3. The summed E-state index contributed by atoms with van der Waals surface area (Å²) in [5, 5.41) is 3.84. The van der Waals surface area contributed by atoms with Gasteiger partial charge in [-0.15, -0.1) is 11.3 Å². The number of pyridine rings is 1. The van der Waals surface area contributed by atoms with Crippen LogP contribution in [0.1, 0.15) is 23.0 Å². The van der Waals surface area contributed by atoms with Gasteiger partial charge in [-0.1, -0.05) is 37.3 Å². The number of nitrogens with zero attached hydrogens (tertiary/aromatic N) is 4. The highest BCUT2D eigenvalue weighted by Gasteiger charge is 2.16. The first-order valence-corrected chi connectivity index (χ1v) is 11.2. The van der Waals surface area contributed by atoms with Crippen LogP contribution in [0.3, 0.4) is 0 Å². The number of aromatic nitrogens is 4. The predicted molar refractivity (Wildman–Crippen MR) is 132 cm³/mol. The van der Waals surface area contributed by atoms with Gasteiger partial charge in [0, 0.05) is 18.4 Å². The van der Waals surface area contributed by atoms with E-state index in [0.717, 1.165) is 28.0 Å². The van der Waals surface area contributed by atoms with Gasteiger partial charge in [0.05, 0.1) is 16.5 Å². The van der Waals surface area contributed by atoms with Gasteiger partial charge in [-0.05, 0) is 36.1 Å². The van der Waals surface area contributed by atoms with Crippen molar-refractivity contribution in [3.8, 4) is 5.69 Å². The second-order valence-electron chi connectivity index (χ2n) is 7.08. The largest absolute Gasteiger partial charge is 0.382 e. The number of anilines is 1. The fourth-order valence-corrected chi connectivity index (χ4v) is 4.21. The summed E-state index contributed by atoms with van der Waals surface area (Å²) in [6, 6.07) is 16.9. The second-order valence-corrected chi connectivity index (χ2v) is 7.91.